The lowest BCUT2D eigenvalue weighted by Gasteiger charge is -2.34. The maximum absolute atomic E-state index is 12.2. The van der Waals surface area contributed by atoms with E-state index in [0.717, 1.165) is 31.5 Å². The number of ketones is 1. The molecule has 1 aromatic rings. The van der Waals surface area contributed by atoms with Crippen molar-refractivity contribution in [3.8, 4) is 0 Å². The quantitative estimate of drug-likeness (QED) is 0.813. The van der Waals surface area contributed by atoms with Crippen LogP contribution in [0.2, 0.25) is 0 Å². The third kappa shape index (κ3) is 3.42. The monoisotopic (exact) mass is 245 g/mol. The lowest BCUT2D eigenvalue weighted by molar-refractivity contribution is -0.123. The molecule has 0 saturated carbocycles. The van der Waals surface area contributed by atoms with E-state index >= 15 is 0 Å². The van der Waals surface area contributed by atoms with E-state index in [1.54, 1.807) is 0 Å². The highest BCUT2D eigenvalue weighted by atomic mass is 16.1. The normalized spacial score (nSPS) is 18.2. The number of nitrogens with zero attached hydrogens (tertiary/aromatic N) is 1. The van der Waals surface area contributed by atoms with Crippen LogP contribution >= 0.6 is 0 Å². The summed E-state index contributed by atoms with van der Waals surface area (Å²) in [6.45, 7) is 6.60. The molecule has 0 unspecified atom stereocenters. The van der Waals surface area contributed by atoms with Crippen LogP contribution in [0.25, 0.3) is 0 Å². The first-order chi connectivity index (χ1) is 8.66. The van der Waals surface area contributed by atoms with Gasteiger partial charge in [0.2, 0.25) is 0 Å². The van der Waals surface area contributed by atoms with Gasteiger partial charge in [0.05, 0.1) is 0 Å². The maximum atomic E-state index is 12.2. The van der Waals surface area contributed by atoms with Crippen LogP contribution in [-0.4, -0.2) is 29.8 Å². The minimum Gasteiger partial charge on any atom is -0.301 e. The average molecular weight is 245 g/mol. The zero-order valence-corrected chi connectivity index (χ0v) is 11.4. The second-order valence-corrected chi connectivity index (χ2v) is 5.53. The van der Waals surface area contributed by atoms with Gasteiger partial charge in [-0.15, -0.1) is 0 Å². The topological polar surface area (TPSA) is 20.3 Å². The number of hydrogen-bond donors (Lipinski definition) is 0. The first-order valence-electron chi connectivity index (χ1n) is 6.97. The minimum absolute atomic E-state index is 0.278. The summed E-state index contributed by atoms with van der Waals surface area (Å²) in [5.41, 5.74) is 1.15. The van der Waals surface area contributed by atoms with E-state index in [-0.39, 0.29) is 5.92 Å². The summed E-state index contributed by atoms with van der Waals surface area (Å²) in [6.07, 6.45) is 2.67. The number of likely N-dealkylation sites (tertiary alicyclic amines) is 1. The number of benzene rings is 1. The molecule has 1 saturated heterocycles. The molecule has 0 aliphatic carbocycles. The number of rotatable bonds is 4. The van der Waals surface area contributed by atoms with E-state index in [9.17, 15) is 4.79 Å². The minimum atomic E-state index is 0.278. The fraction of sp³-hybridized carbons (Fsp3) is 0.562. The van der Waals surface area contributed by atoms with Gasteiger partial charge >= 0.3 is 0 Å². The smallest absolute Gasteiger partial charge is 0.140 e. The molecule has 0 aromatic heterocycles. The fourth-order valence-corrected chi connectivity index (χ4v) is 2.68. The Morgan fingerprint density at radius 1 is 1.22 bits per heavy atom. The lowest BCUT2D eigenvalue weighted by atomic mass is 9.89. The van der Waals surface area contributed by atoms with Gasteiger partial charge in [-0.1, -0.05) is 30.3 Å². The van der Waals surface area contributed by atoms with Gasteiger partial charge in [-0.05, 0) is 45.3 Å². The van der Waals surface area contributed by atoms with Crippen molar-refractivity contribution < 1.29 is 4.79 Å². The van der Waals surface area contributed by atoms with Gasteiger partial charge in [0, 0.05) is 18.4 Å². The molecule has 0 spiro atoms. The van der Waals surface area contributed by atoms with Crippen molar-refractivity contribution in [2.75, 3.05) is 13.1 Å². The molecule has 2 rings (SSSR count). The number of piperidine rings is 1. The van der Waals surface area contributed by atoms with Crippen molar-refractivity contribution in [3.63, 3.8) is 0 Å². The Morgan fingerprint density at radius 3 is 2.39 bits per heavy atom. The van der Waals surface area contributed by atoms with Crippen LogP contribution in [0.1, 0.15) is 32.3 Å². The summed E-state index contributed by atoms with van der Waals surface area (Å²) in [6, 6.07) is 10.7. The Morgan fingerprint density at radius 2 is 1.83 bits per heavy atom. The molecule has 0 bridgehead atoms. The number of carbonyl (C=O) groups is 1. The largest absolute Gasteiger partial charge is 0.301 e. The predicted octanol–water partition coefficient (Wildman–Crippen LogP) is 2.92. The molecule has 2 heteroatoms. The second kappa shape index (κ2) is 6.14. The molecule has 18 heavy (non-hydrogen) atoms. The van der Waals surface area contributed by atoms with E-state index in [1.165, 1.54) is 0 Å². The molecule has 98 valence electrons. The summed E-state index contributed by atoms with van der Waals surface area (Å²) in [5, 5.41) is 0. The van der Waals surface area contributed by atoms with Gasteiger partial charge in [0.1, 0.15) is 5.78 Å². The molecule has 1 aliphatic heterocycles. The van der Waals surface area contributed by atoms with Crippen LogP contribution < -0.4 is 0 Å². The van der Waals surface area contributed by atoms with Gasteiger partial charge in [0.15, 0.2) is 0 Å². The SMILES string of the molecule is CC(C)N1CCC(C(=O)Cc2ccccc2)CC1. The molecule has 1 fully saturated rings. The van der Waals surface area contributed by atoms with Gasteiger partial charge in [0.25, 0.3) is 0 Å². The summed E-state index contributed by atoms with van der Waals surface area (Å²) in [4.78, 5) is 14.7. The fourth-order valence-electron chi connectivity index (χ4n) is 2.68. The van der Waals surface area contributed by atoms with Crippen LogP contribution in [0.4, 0.5) is 0 Å². The first-order valence-corrected chi connectivity index (χ1v) is 6.97. The van der Waals surface area contributed by atoms with Crippen molar-refractivity contribution in [2.45, 2.75) is 39.2 Å². The van der Waals surface area contributed by atoms with Crippen molar-refractivity contribution in [3.05, 3.63) is 35.9 Å². The molecule has 1 heterocycles. The molecule has 0 atom stereocenters. The van der Waals surface area contributed by atoms with Crippen LogP contribution in [-0.2, 0) is 11.2 Å². The Kier molecular flexibility index (Phi) is 4.54. The summed E-state index contributed by atoms with van der Waals surface area (Å²) < 4.78 is 0. The van der Waals surface area contributed by atoms with Crippen molar-refractivity contribution in [1.82, 2.24) is 4.90 Å². The Hall–Kier alpha value is -1.15. The van der Waals surface area contributed by atoms with Gasteiger partial charge < -0.3 is 4.90 Å². The third-order valence-electron chi connectivity index (χ3n) is 3.94. The highest BCUT2D eigenvalue weighted by Gasteiger charge is 2.25. The third-order valence-corrected chi connectivity index (χ3v) is 3.94. The first kappa shape index (κ1) is 13.3. The average Bonchev–Trinajstić information content (AvgIpc) is 2.40. The van der Waals surface area contributed by atoms with E-state index in [4.69, 9.17) is 0 Å². The lowest BCUT2D eigenvalue weighted by Crippen LogP contribution is -2.40. The molecular weight excluding hydrogens is 222 g/mol. The summed E-state index contributed by atoms with van der Waals surface area (Å²) >= 11 is 0. The van der Waals surface area contributed by atoms with E-state index in [1.807, 2.05) is 30.3 Å². The zero-order chi connectivity index (χ0) is 13.0. The van der Waals surface area contributed by atoms with Crippen LogP contribution in [0.15, 0.2) is 30.3 Å². The highest BCUT2D eigenvalue weighted by molar-refractivity contribution is 5.83. The molecule has 0 N–H and O–H groups in total. The molecule has 0 amide bonds. The standard InChI is InChI=1S/C16H23NO/c1-13(2)17-10-8-15(9-11-17)16(18)12-14-6-4-3-5-7-14/h3-7,13,15H,8-12H2,1-2H3. The number of carbonyl (C=O) groups excluding carboxylic acids is 1. The second-order valence-electron chi connectivity index (χ2n) is 5.53. The molecule has 2 nitrogen and oxygen atoms in total. The van der Waals surface area contributed by atoms with Gasteiger partial charge in [-0.2, -0.15) is 0 Å². The van der Waals surface area contributed by atoms with E-state index < -0.39 is 0 Å². The Labute approximate surface area is 110 Å². The summed E-state index contributed by atoms with van der Waals surface area (Å²) in [5.74, 6) is 0.699. The predicted molar refractivity (Wildman–Crippen MR) is 74.6 cm³/mol. The van der Waals surface area contributed by atoms with Crippen LogP contribution in [0.3, 0.4) is 0 Å². The molecule has 1 aromatic carbocycles. The van der Waals surface area contributed by atoms with Crippen molar-refractivity contribution in [2.24, 2.45) is 5.92 Å². The van der Waals surface area contributed by atoms with Crippen molar-refractivity contribution in [1.29, 1.82) is 0 Å². The van der Waals surface area contributed by atoms with Crippen molar-refractivity contribution >= 4 is 5.78 Å². The Balaban J connectivity index is 1.85. The summed E-state index contributed by atoms with van der Waals surface area (Å²) in [7, 11) is 0. The van der Waals surface area contributed by atoms with Gasteiger partial charge in [-0.25, -0.2) is 0 Å². The molecular formula is C16H23NO. The zero-order valence-electron chi connectivity index (χ0n) is 11.4. The maximum Gasteiger partial charge on any atom is 0.140 e. The highest BCUT2D eigenvalue weighted by Crippen LogP contribution is 2.21. The van der Waals surface area contributed by atoms with Crippen LogP contribution in [0, 0.1) is 5.92 Å². The Bertz CT molecular complexity index is 377. The molecule has 0 radical (unpaired) electrons. The molecule has 1 aliphatic rings. The van der Waals surface area contributed by atoms with Crippen LogP contribution in [0.5, 0.6) is 0 Å². The number of hydrogen-bond acceptors (Lipinski definition) is 2. The van der Waals surface area contributed by atoms with Gasteiger partial charge in [-0.3, -0.25) is 4.79 Å². The van der Waals surface area contributed by atoms with E-state index in [2.05, 4.69) is 18.7 Å². The van der Waals surface area contributed by atoms with E-state index in [0.29, 0.717) is 18.2 Å². The number of Topliss-reactive ketones (excluding diaryl/α,β-unsaturated/α-hetero) is 1.